The molecule has 0 aliphatic rings. The van der Waals surface area contributed by atoms with E-state index in [2.05, 4.69) is 37.9 Å². The van der Waals surface area contributed by atoms with Gasteiger partial charge in [-0.1, -0.05) is 45.0 Å². The second kappa shape index (κ2) is 7.25. The summed E-state index contributed by atoms with van der Waals surface area (Å²) in [5.74, 6) is 1.42. The second-order valence-corrected chi connectivity index (χ2v) is 5.93. The lowest BCUT2D eigenvalue weighted by Crippen LogP contribution is -2.40. The van der Waals surface area contributed by atoms with Crippen molar-refractivity contribution in [2.45, 2.75) is 40.5 Å². The third kappa shape index (κ3) is 3.56. The Kier molecular flexibility index (Phi) is 5.36. The molecule has 4 heteroatoms. The fourth-order valence-electron chi connectivity index (χ4n) is 2.53. The Bertz CT molecular complexity index is 631. The number of hydrogen-bond acceptors (Lipinski definition) is 2. The SMILES string of the molecule is CCc1ccccc1-c1nccn1N(CCC(C)C)C(C)=O. The average molecular weight is 299 g/mol. The Morgan fingerprint density at radius 1 is 1.32 bits per heavy atom. The Labute approximate surface area is 132 Å². The summed E-state index contributed by atoms with van der Waals surface area (Å²) in [6, 6.07) is 8.23. The Hall–Kier alpha value is -2.10. The molecule has 0 saturated carbocycles. The van der Waals surface area contributed by atoms with E-state index >= 15 is 0 Å². The lowest BCUT2D eigenvalue weighted by molar-refractivity contribution is -0.118. The van der Waals surface area contributed by atoms with Crippen LogP contribution in [0.4, 0.5) is 0 Å². The highest BCUT2D eigenvalue weighted by atomic mass is 16.2. The summed E-state index contributed by atoms with van der Waals surface area (Å²) in [6.07, 6.45) is 5.53. The van der Waals surface area contributed by atoms with Gasteiger partial charge in [-0.25, -0.2) is 14.7 Å². The number of carbonyl (C=O) groups is 1. The summed E-state index contributed by atoms with van der Waals surface area (Å²) in [4.78, 5) is 16.6. The molecule has 0 radical (unpaired) electrons. The Balaban J connectivity index is 2.40. The number of imidazole rings is 1. The van der Waals surface area contributed by atoms with E-state index in [0.29, 0.717) is 12.5 Å². The van der Waals surface area contributed by atoms with Gasteiger partial charge in [0.25, 0.3) is 0 Å². The molecule has 2 rings (SSSR count). The topological polar surface area (TPSA) is 38.1 Å². The van der Waals surface area contributed by atoms with E-state index in [1.807, 2.05) is 23.0 Å². The Morgan fingerprint density at radius 2 is 2.05 bits per heavy atom. The molecular formula is C18H25N3O. The van der Waals surface area contributed by atoms with E-state index in [1.165, 1.54) is 5.56 Å². The molecule has 1 aromatic heterocycles. The van der Waals surface area contributed by atoms with Crippen LogP contribution < -0.4 is 5.01 Å². The normalized spacial score (nSPS) is 11.0. The van der Waals surface area contributed by atoms with Gasteiger partial charge < -0.3 is 0 Å². The minimum atomic E-state index is 0.0360. The molecule has 1 aromatic carbocycles. The van der Waals surface area contributed by atoms with Crippen LogP contribution >= 0.6 is 0 Å². The number of benzene rings is 1. The molecule has 0 aliphatic carbocycles. The van der Waals surface area contributed by atoms with E-state index in [-0.39, 0.29) is 5.91 Å². The largest absolute Gasteiger partial charge is 0.273 e. The van der Waals surface area contributed by atoms with Gasteiger partial charge >= 0.3 is 0 Å². The molecule has 1 amide bonds. The van der Waals surface area contributed by atoms with Gasteiger partial charge in [0.2, 0.25) is 5.91 Å². The Morgan fingerprint density at radius 3 is 2.68 bits per heavy atom. The monoisotopic (exact) mass is 299 g/mol. The number of amides is 1. The van der Waals surface area contributed by atoms with Crippen molar-refractivity contribution in [1.29, 1.82) is 0 Å². The lowest BCUT2D eigenvalue weighted by atomic mass is 10.1. The number of hydrogen-bond donors (Lipinski definition) is 0. The van der Waals surface area contributed by atoms with Gasteiger partial charge in [0, 0.05) is 31.4 Å². The second-order valence-electron chi connectivity index (χ2n) is 5.93. The molecule has 0 spiro atoms. The van der Waals surface area contributed by atoms with Crippen molar-refractivity contribution in [2.75, 3.05) is 11.6 Å². The zero-order valence-corrected chi connectivity index (χ0v) is 13.9. The van der Waals surface area contributed by atoms with Gasteiger partial charge in [-0.2, -0.15) is 0 Å². The summed E-state index contributed by atoms with van der Waals surface area (Å²) in [6.45, 7) is 8.77. The quantitative estimate of drug-likeness (QED) is 0.816. The number of rotatable bonds is 6. The number of carbonyl (C=O) groups excluding carboxylic acids is 1. The van der Waals surface area contributed by atoms with Gasteiger partial charge in [0.15, 0.2) is 5.82 Å². The van der Waals surface area contributed by atoms with Crippen LogP contribution in [0.5, 0.6) is 0 Å². The molecule has 0 aliphatic heterocycles. The summed E-state index contributed by atoms with van der Waals surface area (Å²) >= 11 is 0. The van der Waals surface area contributed by atoms with Gasteiger partial charge in [-0.15, -0.1) is 0 Å². The number of nitrogens with zero attached hydrogens (tertiary/aromatic N) is 3. The van der Waals surface area contributed by atoms with Crippen molar-refractivity contribution in [1.82, 2.24) is 9.66 Å². The van der Waals surface area contributed by atoms with Gasteiger partial charge in [0.05, 0.1) is 0 Å². The third-order valence-electron chi connectivity index (χ3n) is 3.80. The van der Waals surface area contributed by atoms with Crippen LogP contribution in [0.1, 0.15) is 39.7 Å². The molecule has 0 fully saturated rings. The van der Waals surface area contributed by atoms with Crippen LogP contribution in [0.15, 0.2) is 36.7 Å². The molecule has 22 heavy (non-hydrogen) atoms. The molecule has 0 N–H and O–H groups in total. The molecule has 0 saturated heterocycles. The smallest absolute Gasteiger partial charge is 0.238 e. The van der Waals surface area contributed by atoms with Crippen molar-refractivity contribution in [3.8, 4) is 11.4 Å². The highest BCUT2D eigenvalue weighted by Gasteiger charge is 2.17. The van der Waals surface area contributed by atoms with Crippen molar-refractivity contribution >= 4 is 5.91 Å². The van der Waals surface area contributed by atoms with E-state index < -0.39 is 0 Å². The molecule has 0 bridgehead atoms. The van der Waals surface area contributed by atoms with Crippen molar-refractivity contribution in [3.63, 3.8) is 0 Å². The fourth-order valence-corrected chi connectivity index (χ4v) is 2.53. The first-order valence-electron chi connectivity index (χ1n) is 7.94. The van der Waals surface area contributed by atoms with Crippen molar-refractivity contribution in [2.24, 2.45) is 5.92 Å². The van der Waals surface area contributed by atoms with Gasteiger partial charge in [-0.3, -0.25) is 4.79 Å². The first-order valence-corrected chi connectivity index (χ1v) is 7.94. The van der Waals surface area contributed by atoms with Crippen LogP contribution in [0, 0.1) is 5.92 Å². The van der Waals surface area contributed by atoms with Crippen LogP contribution in [0.25, 0.3) is 11.4 Å². The predicted octanol–water partition coefficient (Wildman–Crippen LogP) is 3.64. The summed E-state index contributed by atoms with van der Waals surface area (Å²) in [7, 11) is 0. The van der Waals surface area contributed by atoms with Gasteiger partial charge in [0.1, 0.15) is 0 Å². The zero-order valence-electron chi connectivity index (χ0n) is 13.9. The lowest BCUT2D eigenvalue weighted by Gasteiger charge is -2.25. The third-order valence-corrected chi connectivity index (χ3v) is 3.80. The van der Waals surface area contributed by atoms with E-state index in [9.17, 15) is 4.79 Å². The van der Waals surface area contributed by atoms with Crippen molar-refractivity contribution < 1.29 is 4.79 Å². The fraction of sp³-hybridized carbons (Fsp3) is 0.444. The number of aromatic nitrogens is 2. The van der Waals surface area contributed by atoms with Crippen LogP contribution in [-0.2, 0) is 11.2 Å². The van der Waals surface area contributed by atoms with E-state index in [4.69, 9.17) is 0 Å². The molecular weight excluding hydrogens is 274 g/mol. The molecule has 2 aromatic rings. The van der Waals surface area contributed by atoms with Crippen LogP contribution in [-0.4, -0.2) is 22.1 Å². The average Bonchev–Trinajstić information content (AvgIpc) is 2.95. The minimum absolute atomic E-state index is 0.0360. The highest BCUT2D eigenvalue weighted by molar-refractivity contribution is 5.84. The molecule has 118 valence electrons. The summed E-state index contributed by atoms with van der Waals surface area (Å²) < 4.78 is 1.89. The van der Waals surface area contributed by atoms with E-state index in [1.54, 1.807) is 18.1 Å². The van der Waals surface area contributed by atoms with Crippen LogP contribution in [0.2, 0.25) is 0 Å². The zero-order chi connectivity index (χ0) is 16.1. The summed E-state index contributed by atoms with van der Waals surface area (Å²) in [5.41, 5.74) is 2.33. The minimum Gasteiger partial charge on any atom is -0.273 e. The van der Waals surface area contributed by atoms with Crippen LogP contribution in [0.3, 0.4) is 0 Å². The first-order chi connectivity index (χ1) is 10.5. The number of aryl methyl sites for hydroxylation is 1. The standard InChI is InChI=1S/C18H25N3O/c1-5-16-8-6-7-9-17(16)18-19-11-13-21(18)20(15(4)22)12-10-14(2)3/h6-9,11,13-14H,5,10,12H2,1-4H3. The van der Waals surface area contributed by atoms with Gasteiger partial charge in [-0.05, 0) is 24.3 Å². The maximum Gasteiger partial charge on any atom is 0.238 e. The molecule has 1 heterocycles. The summed E-state index contributed by atoms with van der Waals surface area (Å²) in [5, 5.41) is 1.77. The van der Waals surface area contributed by atoms with E-state index in [0.717, 1.165) is 24.2 Å². The highest BCUT2D eigenvalue weighted by Crippen LogP contribution is 2.23. The molecule has 4 nitrogen and oxygen atoms in total. The predicted molar refractivity (Wildman–Crippen MR) is 90.3 cm³/mol. The first kappa shape index (κ1) is 16.3. The maximum absolute atomic E-state index is 12.1. The molecule has 0 atom stereocenters. The maximum atomic E-state index is 12.1. The molecule has 0 unspecified atom stereocenters. The van der Waals surface area contributed by atoms with Crippen molar-refractivity contribution in [3.05, 3.63) is 42.2 Å².